The Balaban J connectivity index is 0.00000381. The number of halogens is 2. The number of nitrogens with one attached hydrogen (secondary N) is 4. The number of aromatic nitrogens is 2. The maximum absolute atomic E-state index is 13.4. The molecular formula is C49H51Cl2N9O6S2. The smallest absolute Gasteiger partial charge is 0.286 e. The highest BCUT2D eigenvalue weighted by Crippen LogP contribution is 2.37. The number of carbonyl (C=O) groups is 6. The second-order valence-electron chi connectivity index (χ2n) is 16.2. The zero-order valence-electron chi connectivity index (χ0n) is 37.0. The molecule has 0 fully saturated rings. The zero-order valence-corrected chi connectivity index (χ0v) is 40.1. The number of amides is 2. The summed E-state index contributed by atoms with van der Waals surface area (Å²) in [6, 6.07) is 20.4. The quantitative estimate of drug-likeness (QED) is 0.0216. The molecule has 1 unspecified atom stereocenters. The average molecular weight is 997 g/mol. The number of fused-ring (bicyclic) bond motifs is 4. The Kier molecular flexibility index (Phi) is 17.7. The Morgan fingerprint density at radius 2 is 1.10 bits per heavy atom. The SMILES string of the molecule is Nc1ccc(NCCCC2C=C[N+](CC(=O)NCCSSCCNC(=O)C[n+]3ccn(CCCNc4ccc(N)c5c4C(=O)c4ccccc4C5=O)c3)=C2)c2c1C(=O)c1ccccc1C2=O.[Cl-].[Cl-]. The van der Waals surface area contributed by atoms with Crippen molar-refractivity contribution >= 4 is 85.5 Å². The number of nitrogens with two attached hydrogens (primary N) is 2. The standard InChI is InChI=1S/C49H49N9O6S2.2ClH/c50-36-12-14-38(44-42(36)46(61)32-8-1-3-10-34(32)48(44)63)52-17-5-7-31-16-22-57(27-31)28-40(59)54-19-25-65-66-26-20-55-41(60)29-58-24-23-56(30-58)21-6-18-53-39-15-13-37(51)43-45(39)49(64)35-11-4-2-9-33(35)47(43)62;;/h1-4,8-16,22-24,27,30-31H,5-7,17-21,25-26,28-29H2,(H6-2,50,51,52,53,54,55,59,60,61,62,63,64);2*1H. The molecule has 2 heterocycles. The number of aryl methyl sites for hydroxylation is 1. The predicted molar refractivity (Wildman–Crippen MR) is 259 cm³/mol. The third kappa shape index (κ3) is 11.6. The van der Waals surface area contributed by atoms with Gasteiger partial charge in [0.05, 0.1) is 34.7 Å². The number of hydrogen-bond donors (Lipinski definition) is 6. The first kappa shape index (κ1) is 51.0. The van der Waals surface area contributed by atoms with E-state index in [1.54, 1.807) is 94.4 Å². The molecule has 19 heteroatoms. The van der Waals surface area contributed by atoms with Crippen LogP contribution in [0.25, 0.3) is 0 Å². The van der Waals surface area contributed by atoms with Gasteiger partial charge in [0.2, 0.25) is 12.9 Å². The van der Waals surface area contributed by atoms with Crippen molar-refractivity contribution in [1.82, 2.24) is 15.2 Å². The van der Waals surface area contributed by atoms with Gasteiger partial charge in [0.25, 0.3) is 11.8 Å². The number of allylic oxidation sites excluding steroid dienone is 1. The van der Waals surface area contributed by atoms with Crippen LogP contribution < -0.4 is 62.1 Å². The molecule has 3 aliphatic rings. The van der Waals surface area contributed by atoms with E-state index in [9.17, 15) is 28.8 Å². The molecule has 15 nitrogen and oxygen atoms in total. The summed E-state index contributed by atoms with van der Waals surface area (Å²) >= 11 is 0. The lowest BCUT2D eigenvalue weighted by Gasteiger charge is -2.22. The minimum absolute atomic E-state index is 0. The highest BCUT2D eigenvalue weighted by molar-refractivity contribution is 8.76. The molecule has 1 aromatic heterocycles. The summed E-state index contributed by atoms with van der Waals surface area (Å²) in [6.45, 7) is 3.32. The number of ketones is 4. The average Bonchev–Trinajstić information content (AvgIpc) is 3.97. The molecule has 0 spiro atoms. The van der Waals surface area contributed by atoms with Gasteiger partial charge in [0.15, 0.2) is 42.1 Å². The molecular weight excluding hydrogens is 946 g/mol. The van der Waals surface area contributed by atoms with E-state index in [-0.39, 0.29) is 95.6 Å². The predicted octanol–water partition coefficient (Wildman–Crippen LogP) is -1.27. The van der Waals surface area contributed by atoms with Crippen LogP contribution >= 0.6 is 21.6 Å². The number of imidazole rings is 1. The van der Waals surface area contributed by atoms with Gasteiger partial charge in [-0.3, -0.25) is 28.8 Å². The molecule has 5 aromatic rings. The number of nitrogens with zero attached hydrogens (tertiary/aromatic N) is 3. The summed E-state index contributed by atoms with van der Waals surface area (Å²) in [7, 11) is 3.28. The normalized spacial score (nSPS) is 14.1. The van der Waals surface area contributed by atoms with E-state index in [1.165, 1.54) is 0 Å². The van der Waals surface area contributed by atoms with Crippen LogP contribution in [0.4, 0.5) is 22.7 Å². The fraction of sp³-hybridized carbons (Fsp3) is 0.265. The Hall–Kier alpha value is -6.40. The van der Waals surface area contributed by atoms with Crippen LogP contribution in [0.2, 0.25) is 0 Å². The molecule has 2 aliphatic carbocycles. The molecule has 2 amide bonds. The van der Waals surface area contributed by atoms with Crippen LogP contribution in [0, 0.1) is 5.92 Å². The largest absolute Gasteiger partial charge is 1.00 e. The van der Waals surface area contributed by atoms with E-state index in [1.807, 2.05) is 44.8 Å². The van der Waals surface area contributed by atoms with Crippen LogP contribution in [0.5, 0.6) is 0 Å². The van der Waals surface area contributed by atoms with Gasteiger partial charge < -0.3 is 57.5 Å². The van der Waals surface area contributed by atoms with Crippen molar-refractivity contribution in [1.29, 1.82) is 0 Å². The van der Waals surface area contributed by atoms with Crippen molar-refractivity contribution in [3.63, 3.8) is 0 Å². The molecule has 0 radical (unpaired) electrons. The number of anilines is 4. The molecule has 8 rings (SSSR count). The van der Waals surface area contributed by atoms with Gasteiger partial charge in [-0.2, -0.15) is 4.58 Å². The summed E-state index contributed by atoms with van der Waals surface area (Å²) in [4.78, 5) is 78.3. The van der Waals surface area contributed by atoms with Crippen LogP contribution in [0.15, 0.2) is 104 Å². The fourth-order valence-electron chi connectivity index (χ4n) is 8.37. The van der Waals surface area contributed by atoms with Crippen molar-refractivity contribution in [3.05, 3.63) is 148 Å². The van der Waals surface area contributed by atoms with E-state index in [2.05, 4.69) is 27.3 Å². The van der Waals surface area contributed by atoms with Crippen molar-refractivity contribution < 1.29 is 62.7 Å². The number of rotatable bonds is 21. The van der Waals surface area contributed by atoms with Gasteiger partial charge in [0, 0.05) is 89.1 Å². The summed E-state index contributed by atoms with van der Waals surface area (Å²) in [5, 5.41) is 12.6. The van der Waals surface area contributed by atoms with Gasteiger partial charge in [-0.25, -0.2) is 9.13 Å². The van der Waals surface area contributed by atoms with E-state index >= 15 is 0 Å². The lowest BCUT2D eigenvalue weighted by molar-refractivity contribution is -0.684. The van der Waals surface area contributed by atoms with Crippen LogP contribution in [0.3, 0.4) is 0 Å². The molecule has 8 N–H and O–H groups in total. The topological polar surface area (TPSA) is 214 Å². The lowest BCUT2D eigenvalue weighted by atomic mass is 9.82. The first-order valence-corrected chi connectivity index (χ1v) is 24.4. The van der Waals surface area contributed by atoms with Crippen molar-refractivity contribution in [3.8, 4) is 0 Å². The Bertz CT molecular complexity index is 2810. The summed E-state index contributed by atoms with van der Waals surface area (Å²) in [5.41, 5.74) is 16.7. The van der Waals surface area contributed by atoms with Gasteiger partial charge >= 0.3 is 0 Å². The molecule has 1 atom stereocenters. The second kappa shape index (κ2) is 23.6. The van der Waals surface area contributed by atoms with E-state index in [0.29, 0.717) is 83.2 Å². The van der Waals surface area contributed by atoms with Crippen molar-refractivity contribution in [2.45, 2.75) is 32.4 Å². The van der Waals surface area contributed by atoms with E-state index in [0.717, 1.165) is 30.8 Å². The highest BCUT2D eigenvalue weighted by atomic mass is 35.5. The first-order chi connectivity index (χ1) is 32.1. The third-order valence-corrected chi connectivity index (χ3v) is 14.0. The molecule has 0 bridgehead atoms. The Morgan fingerprint density at radius 3 is 1.63 bits per heavy atom. The van der Waals surface area contributed by atoms with E-state index in [4.69, 9.17) is 11.5 Å². The van der Waals surface area contributed by atoms with Crippen LogP contribution in [-0.4, -0.2) is 94.5 Å². The lowest BCUT2D eigenvalue weighted by Crippen LogP contribution is -3.00. The fourth-order valence-corrected chi connectivity index (χ4v) is 10.2. The summed E-state index contributed by atoms with van der Waals surface area (Å²) < 4.78 is 5.71. The third-order valence-electron chi connectivity index (χ3n) is 11.6. The second-order valence-corrected chi connectivity index (χ2v) is 18.9. The number of hydrogen-bond acceptors (Lipinski definition) is 12. The van der Waals surface area contributed by atoms with Crippen molar-refractivity contribution in [2.24, 2.45) is 5.92 Å². The summed E-state index contributed by atoms with van der Waals surface area (Å²) in [5.74, 6) is 0.579. The van der Waals surface area contributed by atoms with Gasteiger partial charge in [-0.1, -0.05) is 70.1 Å². The van der Waals surface area contributed by atoms with E-state index < -0.39 is 0 Å². The minimum Gasteiger partial charge on any atom is -1.00 e. The Labute approximate surface area is 414 Å². The molecule has 0 saturated carbocycles. The number of carbonyl (C=O) groups excluding carboxylic acids is 6. The maximum Gasteiger partial charge on any atom is 0.286 e. The number of benzene rings is 4. The monoisotopic (exact) mass is 995 g/mol. The van der Waals surface area contributed by atoms with Gasteiger partial charge in [-0.05, 0) is 43.2 Å². The molecule has 68 heavy (non-hydrogen) atoms. The molecule has 0 saturated heterocycles. The minimum atomic E-state index is -0.246. The molecule has 1 aliphatic heterocycles. The first-order valence-electron chi connectivity index (χ1n) is 21.9. The van der Waals surface area contributed by atoms with Crippen molar-refractivity contribution in [2.75, 3.05) is 66.3 Å². The summed E-state index contributed by atoms with van der Waals surface area (Å²) in [6.07, 6.45) is 14.1. The van der Waals surface area contributed by atoms with Gasteiger partial charge in [0.1, 0.15) is 12.4 Å². The van der Waals surface area contributed by atoms with Crippen LogP contribution in [-0.2, 0) is 22.7 Å². The highest BCUT2D eigenvalue weighted by Gasteiger charge is 2.34. The zero-order chi connectivity index (χ0) is 46.2. The number of nitrogen functional groups attached to an aromatic ring is 2. The molecule has 4 aromatic carbocycles. The van der Waals surface area contributed by atoms with Gasteiger partial charge in [-0.15, -0.1) is 0 Å². The maximum atomic E-state index is 13.4. The van der Waals surface area contributed by atoms with Crippen LogP contribution in [0.1, 0.15) is 82.9 Å². The Morgan fingerprint density at radius 1 is 0.618 bits per heavy atom. The molecule has 354 valence electrons.